The summed E-state index contributed by atoms with van der Waals surface area (Å²) in [6.45, 7) is 9.05. The molecule has 0 bridgehead atoms. The Hall–Kier alpha value is -2.25. The Balaban J connectivity index is 0.00000924. The molecular weight excluding hydrogens is 567 g/mol. The average Bonchev–Trinajstić information content (AvgIpc) is 3.01. The van der Waals surface area contributed by atoms with Crippen molar-refractivity contribution in [3.05, 3.63) is 84.0 Å². The fourth-order valence-corrected chi connectivity index (χ4v) is 5.20. The van der Waals surface area contributed by atoms with Gasteiger partial charge in [-0.3, -0.25) is 9.98 Å². The molecule has 240 valence electrons. The predicted octanol–water partition coefficient (Wildman–Crippen LogP) is 13.0. The van der Waals surface area contributed by atoms with Crippen LogP contribution < -0.4 is 0 Å². The number of aryl methyl sites for hydroxylation is 2. The standard InChI is InChI=1S/C40H60N2.Ni/c1-5-9-13-17-19-27-35-29-23-25-31-37(35)41-39(33-21-15-11-7-3)40(34-22-16-12-8-4)42-38-32-26-24-30-36(38)28-20-18-14-10-6-2;/h13-14,17-18,23-26,29-32H,5-12,15-16,19-22,27-28,33-34H2,1-4H3;. The molecule has 0 unspecified atom stereocenters. The maximum atomic E-state index is 5.44. The van der Waals surface area contributed by atoms with E-state index in [9.17, 15) is 0 Å². The zero-order chi connectivity index (χ0) is 30.1. The van der Waals surface area contributed by atoms with Crippen molar-refractivity contribution in [3.63, 3.8) is 0 Å². The van der Waals surface area contributed by atoms with Crippen LogP contribution in [0.1, 0.15) is 142 Å². The molecule has 0 amide bonds. The van der Waals surface area contributed by atoms with Crippen LogP contribution in [0.2, 0.25) is 0 Å². The van der Waals surface area contributed by atoms with Gasteiger partial charge in [0.25, 0.3) is 0 Å². The molecule has 0 atom stereocenters. The number of allylic oxidation sites excluding steroid dienone is 4. The summed E-state index contributed by atoms with van der Waals surface area (Å²) in [7, 11) is 0. The van der Waals surface area contributed by atoms with E-state index in [1.165, 1.54) is 86.8 Å². The fraction of sp³-hybridized carbons (Fsp3) is 0.550. The molecule has 0 saturated heterocycles. The summed E-state index contributed by atoms with van der Waals surface area (Å²) in [6, 6.07) is 17.6. The van der Waals surface area contributed by atoms with E-state index >= 15 is 0 Å². The van der Waals surface area contributed by atoms with Crippen LogP contribution in [0.25, 0.3) is 0 Å². The van der Waals surface area contributed by atoms with Crippen LogP contribution in [0.4, 0.5) is 11.4 Å². The van der Waals surface area contributed by atoms with Crippen molar-refractivity contribution in [1.29, 1.82) is 0 Å². The smallest absolute Gasteiger partial charge is 0.0665 e. The van der Waals surface area contributed by atoms with E-state index in [1.807, 2.05) is 0 Å². The predicted molar refractivity (Wildman–Crippen MR) is 189 cm³/mol. The third-order valence-corrected chi connectivity index (χ3v) is 7.77. The van der Waals surface area contributed by atoms with Crippen LogP contribution in [0, 0.1) is 0 Å². The van der Waals surface area contributed by atoms with Gasteiger partial charge >= 0.3 is 0 Å². The topological polar surface area (TPSA) is 24.7 Å². The number of unbranched alkanes of at least 4 members (excludes halogenated alkanes) is 8. The summed E-state index contributed by atoms with van der Waals surface area (Å²) < 4.78 is 0. The number of aliphatic imine (C=N–C) groups is 2. The Morgan fingerprint density at radius 1 is 0.488 bits per heavy atom. The van der Waals surface area contributed by atoms with Gasteiger partial charge in [0.1, 0.15) is 0 Å². The van der Waals surface area contributed by atoms with Gasteiger partial charge in [0.05, 0.1) is 22.8 Å². The Morgan fingerprint density at radius 2 is 0.884 bits per heavy atom. The number of rotatable bonds is 23. The first kappa shape index (κ1) is 38.8. The molecule has 0 saturated carbocycles. The summed E-state index contributed by atoms with van der Waals surface area (Å²) in [4.78, 5) is 10.9. The number of hydrogen-bond donors (Lipinski definition) is 0. The van der Waals surface area contributed by atoms with Crippen molar-refractivity contribution in [1.82, 2.24) is 0 Å². The molecule has 0 aliphatic heterocycles. The van der Waals surface area contributed by atoms with Crippen molar-refractivity contribution in [2.45, 2.75) is 143 Å². The summed E-state index contributed by atoms with van der Waals surface area (Å²) in [6.07, 6.45) is 30.2. The van der Waals surface area contributed by atoms with Gasteiger partial charge in [0.15, 0.2) is 0 Å². The normalized spacial score (nSPS) is 12.4. The largest absolute Gasteiger partial charge is 0.251 e. The van der Waals surface area contributed by atoms with Crippen LogP contribution in [0.5, 0.6) is 0 Å². The van der Waals surface area contributed by atoms with E-state index in [4.69, 9.17) is 9.98 Å². The second-order valence-corrected chi connectivity index (χ2v) is 11.6. The Bertz CT molecular complexity index is 1010. The third-order valence-electron chi connectivity index (χ3n) is 7.77. The Kier molecular flexibility index (Phi) is 23.6. The van der Waals surface area contributed by atoms with E-state index in [-0.39, 0.29) is 16.5 Å². The molecule has 0 spiro atoms. The number of hydrogen-bond acceptors (Lipinski definition) is 2. The van der Waals surface area contributed by atoms with E-state index < -0.39 is 0 Å². The fourth-order valence-electron chi connectivity index (χ4n) is 5.20. The molecule has 0 aliphatic rings. The molecule has 2 aromatic carbocycles. The summed E-state index contributed by atoms with van der Waals surface area (Å²) in [5, 5.41) is 0. The summed E-state index contributed by atoms with van der Waals surface area (Å²) in [5.41, 5.74) is 7.34. The minimum atomic E-state index is 0. The summed E-state index contributed by atoms with van der Waals surface area (Å²) >= 11 is 0. The van der Waals surface area contributed by atoms with Gasteiger partial charge in [-0.15, -0.1) is 0 Å². The van der Waals surface area contributed by atoms with E-state index in [0.29, 0.717) is 0 Å². The van der Waals surface area contributed by atoms with Crippen molar-refractivity contribution in [2.75, 3.05) is 0 Å². The van der Waals surface area contributed by atoms with Gasteiger partial charge in [0, 0.05) is 16.5 Å². The van der Waals surface area contributed by atoms with Crippen LogP contribution in [0.15, 0.2) is 82.8 Å². The second-order valence-electron chi connectivity index (χ2n) is 11.6. The van der Waals surface area contributed by atoms with Gasteiger partial charge in [-0.25, -0.2) is 0 Å². The van der Waals surface area contributed by atoms with E-state index in [1.54, 1.807) is 0 Å². The number of benzene rings is 2. The molecule has 0 radical (unpaired) electrons. The quantitative estimate of drug-likeness (QED) is 0.0507. The molecule has 0 fully saturated rings. The maximum Gasteiger partial charge on any atom is 0.0665 e. The minimum Gasteiger partial charge on any atom is -0.251 e. The van der Waals surface area contributed by atoms with Crippen molar-refractivity contribution in [3.8, 4) is 0 Å². The van der Waals surface area contributed by atoms with E-state index in [2.05, 4.69) is 101 Å². The molecule has 2 aromatic rings. The monoisotopic (exact) mass is 626 g/mol. The van der Waals surface area contributed by atoms with E-state index in [0.717, 1.165) is 62.7 Å². The van der Waals surface area contributed by atoms with Crippen LogP contribution in [-0.4, -0.2) is 11.4 Å². The second kappa shape index (κ2) is 26.2. The molecule has 3 heteroatoms. The first-order chi connectivity index (χ1) is 20.7. The van der Waals surface area contributed by atoms with Crippen LogP contribution in [-0.2, 0) is 29.3 Å². The SMILES string of the molecule is CCCC=CCCc1ccccc1N=C(CCCCCC)C(CCCCCC)=Nc1ccccc1CCC=CCCC.[Ni]. The molecule has 0 aromatic heterocycles. The summed E-state index contributed by atoms with van der Waals surface area (Å²) in [5.74, 6) is 0. The Morgan fingerprint density at radius 3 is 1.28 bits per heavy atom. The maximum absolute atomic E-state index is 5.44. The molecule has 2 nitrogen and oxygen atoms in total. The van der Waals surface area contributed by atoms with Crippen LogP contribution >= 0.6 is 0 Å². The molecular formula is C40H60N2Ni. The van der Waals surface area contributed by atoms with Crippen molar-refractivity contribution in [2.24, 2.45) is 9.98 Å². The van der Waals surface area contributed by atoms with Gasteiger partial charge in [-0.2, -0.15) is 0 Å². The molecule has 2 rings (SSSR count). The molecule has 0 aliphatic carbocycles. The van der Waals surface area contributed by atoms with Crippen LogP contribution in [0.3, 0.4) is 0 Å². The van der Waals surface area contributed by atoms with Gasteiger partial charge < -0.3 is 0 Å². The average molecular weight is 628 g/mol. The van der Waals surface area contributed by atoms with Gasteiger partial charge in [0.2, 0.25) is 0 Å². The first-order valence-corrected chi connectivity index (χ1v) is 17.3. The zero-order valence-electron chi connectivity index (χ0n) is 27.9. The Labute approximate surface area is 275 Å². The van der Waals surface area contributed by atoms with Crippen molar-refractivity contribution >= 4 is 22.8 Å². The third kappa shape index (κ3) is 17.0. The van der Waals surface area contributed by atoms with Gasteiger partial charge in [-0.05, 0) is 87.5 Å². The number of nitrogens with zero attached hydrogens (tertiary/aromatic N) is 2. The minimum absolute atomic E-state index is 0. The number of para-hydroxylation sites is 2. The molecule has 43 heavy (non-hydrogen) atoms. The first-order valence-electron chi connectivity index (χ1n) is 17.3. The van der Waals surface area contributed by atoms with Gasteiger partial charge in [-0.1, -0.05) is 140 Å². The molecule has 0 heterocycles. The molecule has 0 N–H and O–H groups in total. The van der Waals surface area contributed by atoms with Crippen molar-refractivity contribution < 1.29 is 16.5 Å². The zero-order valence-corrected chi connectivity index (χ0v) is 28.9.